The number of anilines is 1. The van der Waals surface area contributed by atoms with Crippen molar-refractivity contribution in [3.05, 3.63) is 30.3 Å². The maximum absolute atomic E-state index is 10.2. The highest BCUT2D eigenvalue weighted by Crippen LogP contribution is 2.24. The highest BCUT2D eigenvalue weighted by molar-refractivity contribution is 7.80. The minimum absolute atomic E-state index is 0.105. The van der Waals surface area contributed by atoms with E-state index in [9.17, 15) is 20.4 Å². The first-order valence-electron chi connectivity index (χ1n) is 6.45. The van der Waals surface area contributed by atoms with Crippen LogP contribution in [0.4, 0.5) is 5.69 Å². The quantitative estimate of drug-likeness (QED) is 0.359. The van der Waals surface area contributed by atoms with Crippen LogP contribution < -0.4 is 10.2 Å². The minimum Gasteiger partial charge on any atom is -0.394 e. The summed E-state index contributed by atoms with van der Waals surface area (Å²) in [5.41, 5.74) is 0.581. The third-order valence-electron chi connectivity index (χ3n) is 3.43. The van der Waals surface area contributed by atoms with Crippen molar-refractivity contribution >= 4 is 23.0 Å². The van der Waals surface area contributed by atoms with Crippen molar-refractivity contribution in [2.45, 2.75) is 30.6 Å². The van der Waals surface area contributed by atoms with E-state index in [0.29, 0.717) is 5.69 Å². The lowest BCUT2D eigenvalue weighted by Gasteiger charge is -2.44. The van der Waals surface area contributed by atoms with Crippen molar-refractivity contribution in [1.29, 1.82) is 0 Å². The molecule has 1 aliphatic heterocycles. The van der Waals surface area contributed by atoms with Gasteiger partial charge in [-0.25, -0.2) is 0 Å². The summed E-state index contributed by atoms with van der Waals surface area (Å²) in [5.74, 6) is 0. The van der Waals surface area contributed by atoms with Crippen LogP contribution in [0.3, 0.4) is 0 Å². The Morgan fingerprint density at radius 2 is 1.81 bits per heavy atom. The molecule has 0 radical (unpaired) electrons. The fourth-order valence-corrected chi connectivity index (χ4v) is 2.60. The first-order valence-corrected chi connectivity index (χ1v) is 6.86. The lowest BCUT2D eigenvalue weighted by Crippen LogP contribution is -2.69. The number of rotatable bonds is 4. The van der Waals surface area contributed by atoms with Crippen LogP contribution in [0.1, 0.15) is 0 Å². The summed E-state index contributed by atoms with van der Waals surface area (Å²) in [6, 6.07) is 7.65. The second kappa shape index (κ2) is 6.65. The van der Waals surface area contributed by atoms with Gasteiger partial charge in [0.15, 0.2) is 11.3 Å². The Kier molecular flexibility index (Phi) is 5.09. The van der Waals surface area contributed by atoms with E-state index in [1.54, 1.807) is 30.3 Å². The Morgan fingerprint density at radius 3 is 2.38 bits per heavy atom. The van der Waals surface area contributed by atoms with Crippen LogP contribution in [-0.4, -0.2) is 67.8 Å². The molecule has 2 rings (SSSR count). The summed E-state index contributed by atoms with van der Waals surface area (Å²) in [5, 5.41) is 51.4. The van der Waals surface area contributed by atoms with Crippen LogP contribution >= 0.6 is 12.2 Å². The molecule has 21 heavy (non-hydrogen) atoms. The molecule has 1 heterocycles. The van der Waals surface area contributed by atoms with Gasteiger partial charge in [-0.3, -0.25) is 4.90 Å². The molecular weight excluding hydrogens is 296 g/mol. The molecule has 1 aromatic carbocycles. The summed E-state index contributed by atoms with van der Waals surface area (Å²) < 4.78 is 0. The van der Waals surface area contributed by atoms with Gasteiger partial charge >= 0.3 is 0 Å². The minimum atomic E-state index is -1.48. The SMILES string of the molecule is OCC(O)C(O)[C@@H]1NC(=S)N(c2ccccc2)[C@H](O)[C@@H]1O. The van der Waals surface area contributed by atoms with E-state index in [1.807, 2.05) is 0 Å². The van der Waals surface area contributed by atoms with Gasteiger partial charge in [0.05, 0.1) is 12.6 Å². The van der Waals surface area contributed by atoms with E-state index >= 15 is 0 Å². The Morgan fingerprint density at radius 1 is 1.19 bits per heavy atom. The zero-order valence-electron chi connectivity index (χ0n) is 11.1. The zero-order valence-corrected chi connectivity index (χ0v) is 11.9. The van der Waals surface area contributed by atoms with Crippen LogP contribution in [0.25, 0.3) is 0 Å². The number of para-hydroxylation sites is 1. The highest BCUT2D eigenvalue weighted by atomic mass is 32.1. The zero-order chi connectivity index (χ0) is 15.6. The van der Waals surface area contributed by atoms with Gasteiger partial charge in [-0.1, -0.05) is 18.2 Å². The molecule has 1 aromatic rings. The van der Waals surface area contributed by atoms with Crippen molar-refractivity contribution in [2.75, 3.05) is 11.5 Å². The van der Waals surface area contributed by atoms with Crippen molar-refractivity contribution in [1.82, 2.24) is 5.32 Å². The normalized spacial score (nSPS) is 28.9. The van der Waals surface area contributed by atoms with Crippen molar-refractivity contribution in [3.63, 3.8) is 0 Å². The van der Waals surface area contributed by atoms with Crippen LogP contribution in [0.15, 0.2) is 30.3 Å². The van der Waals surface area contributed by atoms with Gasteiger partial charge in [-0.2, -0.15) is 0 Å². The summed E-state index contributed by atoms with van der Waals surface area (Å²) in [7, 11) is 0. The summed E-state index contributed by atoms with van der Waals surface area (Å²) in [4.78, 5) is 1.31. The first kappa shape index (κ1) is 16.1. The molecule has 0 spiro atoms. The van der Waals surface area contributed by atoms with E-state index in [4.69, 9.17) is 17.3 Å². The fraction of sp³-hybridized carbons (Fsp3) is 0.462. The molecule has 2 unspecified atom stereocenters. The second-order valence-corrected chi connectivity index (χ2v) is 5.21. The summed E-state index contributed by atoms with van der Waals surface area (Å²) in [6.45, 7) is -0.669. The van der Waals surface area contributed by atoms with E-state index < -0.39 is 37.2 Å². The number of hydrogen-bond donors (Lipinski definition) is 6. The van der Waals surface area contributed by atoms with Crippen LogP contribution in [-0.2, 0) is 0 Å². The molecule has 8 heteroatoms. The van der Waals surface area contributed by atoms with Gasteiger partial charge in [0, 0.05) is 5.69 Å². The predicted octanol–water partition coefficient (Wildman–Crippen LogP) is -1.86. The predicted molar refractivity (Wildman–Crippen MR) is 79.6 cm³/mol. The summed E-state index contributed by atoms with van der Waals surface area (Å²) in [6.07, 6.45) is -5.72. The highest BCUT2D eigenvalue weighted by Gasteiger charge is 2.43. The fourth-order valence-electron chi connectivity index (χ4n) is 2.25. The molecule has 0 amide bonds. The Bertz CT molecular complexity index is 489. The molecule has 0 aliphatic carbocycles. The largest absolute Gasteiger partial charge is 0.394 e. The Hall–Kier alpha value is -1.29. The van der Waals surface area contributed by atoms with Crippen LogP contribution in [0.5, 0.6) is 0 Å². The first-order chi connectivity index (χ1) is 9.97. The molecule has 1 saturated heterocycles. The number of hydrogen-bond acceptors (Lipinski definition) is 6. The maximum atomic E-state index is 10.2. The molecule has 7 nitrogen and oxygen atoms in total. The lowest BCUT2D eigenvalue weighted by atomic mass is 9.96. The molecule has 0 saturated carbocycles. The third-order valence-corrected chi connectivity index (χ3v) is 3.75. The van der Waals surface area contributed by atoms with Gasteiger partial charge in [-0.05, 0) is 24.4 Å². The van der Waals surface area contributed by atoms with Gasteiger partial charge in [0.1, 0.15) is 18.3 Å². The standard InChI is InChI=1S/C13H18N2O5S/c16-6-8(17)10(18)9-11(19)12(20)15(13(21)14-9)7-4-2-1-3-5-7/h1-5,8-12,16-20H,6H2,(H,14,21)/t8?,9-,10?,11+,12+/m0/s1. The smallest absolute Gasteiger partial charge is 0.176 e. The average molecular weight is 314 g/mol. The van der Waals surface area contributed by atoms with Gasteiger partial charge in [0.2, 0.25) is 0 Å². The number of aliphatic hydroxyl groups excluding tert-OH is 5. The van der Waals surface area contributed by atoms with Gasteiger partial charge < -0.3 is 30.8 Å². The van der Waals surface area contributed by atoms with E-state index in [2.05, 4.69) is 5.32 Å². The molecule has 0 bridgehead atoms. The summed E-state index contributed by atoms with van der Waals surface area (Å²) >= 11 is 5.15. The molecule has 1 fully saturated rings. The van der Waals surface area contributed by atoms with E-state index in [1.165, 1.54) is 4.90 Å². The van der Waals surface area contributed by atoms with Crippen LogP contribution in [0, 0.1) is 0 Å². The average Bonchev–Trinajstić information content (AvgIpc) is 2.50. The number of thiocarbonyl (C=S) groups is 1. The molecule has 1 aliphatic rings. The van der Waals surface area contributed by atoms with Gasteiger partial charge in [-0.15, -0.1) is 0 Å². The Balaban J connectivity index is 2.21. The lowest BCUT2D eigenvalue weighted by molar-refractivity contribution is -0.0831. The second-order valence-electron chi connectivity index (χ2n) is 4.83. The Labute approximate surface area is 127 Å². The number of nitrogens with one attached hydrogen (secondary N) is 1. The monoisotopic (exact) mass is 314 g/mol. The number of nitrogens with zero attached hydrogens (tertiary/aromatic N) is 1. The van der Waals surface area contributed by atoms with Crippen molar-refractivity contribution < 1.29 is 25.5 Å². The van der Waals surface area contributed by atoms with Gasteiger partial charge in [0.25, 0.3) is 0 Å². The van der Waals surface area contributed by atoms with Crippen molar-refractivity contribution in [2.24, 2.45) is 0 Å². The molecule has 5 atom stereocenters. The third kappa shape index (κ3) is 3.15. The number of aliphatic hydroxyl groups is 5. The van der Waals surface area contributed by atoms with Crippen molar-refractivity contribution in [3.8, 4) is 0 Å². The maximum Gasteiger partial charge on any atom is 0.176 e. The van der Waals surface area contributed by atoms with E-state index in [-0.39, 0.29) is 5.11 Å². The molecular formula is C13H18N2O5S. The number of benzene rings is 1. The molecule has 0 aromatic heterocycles. The topological polar surface area (TPSA) is 116 Å². The van der Waals surface area contributed by atoms with E-state index in [0.717, 1.165) is 0 Å². The van der Waals surface area contributed by atoms with Crippen LogP contribution in [0.2, 0.25) is 0 Å². The molecule has 6 N–H and O–H groups in total. The molecule has 116 valence electrons.